The summed E-state index contributed by atoms with van der Waals surface area (Å²) < 4.78 is 29.0. The highest BCUT2D eigenvalue weighted by Crippen LogP contribution is 2.46. The van der Waals surface area contributed by atoms with Gasteiger partial charge in [0.05, 0.1) is 46.3 Å². The number of H-pyrrole nitrogens is 1. The summed E-state index contributed by atoms with van der Waals surface area (Å²) in [7, 11) is 0. The van der Waals surface area contributed by atoms with Crippen molar-refractivity contribution in [2.24, 2.45) is 0 Å². The number of alkyl carbamates (subject to hydrolysis) is 1. The van der Waals surface area contributed by atoms with Gasteiger partial charge < -0.3 is 39.6 Å². The van der Waals surface area contributed by atoms with Crippen molar-refractivity contribution in [3.05, 3.63) is 120 Å². The number of fused-ring (bicyclic) bond motifs is 7. The normalized spacial score (nSPS) is 21.3. The van der Waals surface area contributed by atoms with E-state index in [0.29, 0.717) is 82.7 Å². The number of ether oxygens (including phenoxy) is 2. The molecule has 19 heteroatoms. The van der Waals surface area contributed by atoms with Crippen LogP contribution in [0.15, 0.2) is 58.1 Å². The first kappa shape index (κ1) is 42.3. The van der Waals surface area contributed by atoms with E-state index in [9.17, 15) is 39.3 Å². The standard InChI is InChI=1S/C48H45FN8O10/c1-4-48(65)32-13-36-42-30(19-55(36)44(61)31(32)20-66-45(48)62)41-34(10-9-28-23(3)33(49)14-35(50-42)40(28)41)51-47(64)67-21-39(60)56-26-12-27(56)18-54(17-26)16-24-5-7-25(8-6-24)57-43(52-53-46(57)63)29-11-22(2)37(58)15-38(29)59/h5-8,11,13-15,26-27,34,58-59,65H,4,9-10,12,16-21H2,1-3H3,(H,51,64)(H,53,63)/t26?,27?,34-,48-/m0/s1. The lowest BCUT2D eigenvalue weighted by Crippen LogP contribution is -2.70. The van der Waals surface area contributed by atoms with Crippen LogP contribution in [0.25, 0.3) is 39.4 Å². The van der Waals surface area contributed by atoms with Crippen LogP contribution < -0.4 is 16.6 Å². The van der Waals surface area contributed by atoms with Gasteiger partial charge in [-0.25, -0.2) is 33.4 Å². The van der Waals surface area contributed by atoms with Gasteiger partial charge in [0.1, 0.15) is 23.9 Å². The molecule has 3 fully saturated rings. The molecule has 12 rings (SSSR count). The van der Waals surface area contributed by atoms with E-state index in [4.69, 9.17) is 14.5 Å². The van der Waals surface area contributed by atoms with Crippen LogP contribution in [0.3, 0.4) is 0 Å². The van der Waals surface area contributed by atoms with Gasteiger partial charge in [0, 0.05) is 60.4 Å². The number of piperazine rings is 1. The number of aromatic amines is 1. The number of aromatic hydroxyl groups is 2. The summed E-state index contributed by atoms with van der Waals surface area (Å²) in [5, 5.41) is 42.1. The number of piperidine rings is 1. The highest BCUT2D eigenvalue weighted by molar-refractivity contribution is 5.94. The van der Waals surface area contributed by atoms with Gasteiger partial charge in [0.25, 0.3) is 11.5 Å². The van der Waals surface area contributed by atoms with E-state index >= 15 is 4.39 Å². The van der Waals surface area contributed by atoms with Crippen LogP contribution in [0.2, 0.25) is 0 Å². The smallest absolute Gasteiger partial charge is 0.408 e. The van der Waals surface area contributed by atoms with Crippen molar-refractivity contribution in [3.8, 4) is 40.0 Å². The fourth-order valence-corrected chi connectivity index (χ4v) is 10.9. The lowest BCUT2D eigenvalue weighted by molar-refractivity contribution is -0.172. The molecule has 0 spiro atoms. The maximum Gasteiger partial charge on any atom is 0.408 e. The predicted octanol–water partition coefficient (Wildman–Crippen LogP) is 3.99. The van der Waals surface area contributed by atoms with Crippen molar-refractivity contribution in [3.63, 3.8) is 0 Å². The number of rotatable bonds is 8. The Labute approximate surface area is 380 Å². The van der Waals surface area contributed by atoms with Gasteiger partial charge >= 0.3 is 17.8 Å². The number of nitrogens with one attached hydrogen (secondary N) is 2. The largest absolute Gasteiger partial charge is 0.508 e. The average molecular weight is 913 g/mol. The summed E-state index contributed by atoms with van der Waals surface area (Å²) in [4.78, 5) is 75.6. The zero-order valence-electron chi connectivity index (χ0n) is 36.7. The number of amides is 2. The number of benzene rings is 3. The molecule has 18 nitrogen and oxygen atoms in total. The van der Waals surface area contributed by atoms with Crippen molar-refractivity contribution in [2.75, 3.05) is 19.7 Å². The summed E-state index contributed by atoms with van der Waals surface area (Å²) in [5.74, 6) is -1.69. The van der Waals surface area contributed by atoms with Crippen LogP contribution in [0, 0.1) is 19.7 Å². The van der Waals surface area contributed by atoms with Crippen molar-refractivity contribution in [1.29, 1.82) is 0 Å². The molecule has 3 aromatic heterocycles. The first-order valence-corrected chi connectivity index (χ1v) is 22.2. The molecule has 0 radical (unpaired) electrons. The molecule has 5 N–H and O–H groups in total. The molecule has 2 bridgehead atoms. The summed E-state index contributed by atoms with van der Waals surface area (Å²) in [6.45, 7) is 6.14. The minimum absolute atomic E-state index is 0.0249. The van der Waals surface area contributed by atoms with Crippen LogP contribution in [0.5, 0.6) is 11.5 Å². The third kappa shape index (κ3) is 6.53. The summed E-state index contributed by atoms with van der Waals surface area (Å²) in [6.07, 6.45) is 0.804. The molecule has 67 heavy (non-hydrogen) atoms. The second kappa shape index (κ2) is 15.3. The molecule has 3 aromatic carbocycles. The number of esters is 1. The predicted molar refractivity (Wildman–Crippen MR) is 237 cm³/mol. The lowest BCUT2D eigenvalue weighted by atomic mass is 9.81. The van der Waals surface area contributed by atoms with E-state index in [1.54, 1.807) is 49.9 Å². The zero-order valence-corrected chi connectivity index (χ0v) is 36.7. The number of carbonyl (C=O) groups is 3. The number of phenols is 2. The third-order valence-electron chi connectivity index (χ3n) is 14.4. The first-order chi connectivity index (χ1) is 32.1. The molecular formula is C48H45FN8O10. The molecule has 6 aliphatic rings. The van der Waals surface area contributed by atoms with Gasteiger partial charge in [-0.15, -0.1) is 0 Å². The van der Waals surface area contributed by atoms with E-state index in [-0.39, 0.29) is 71.6 Å². The van der Waals surface area contributed by atoms with Gasteiger partial charge in [-0.2, -0.15) is 5.10 Å². The number of aromatic nitrogens is 5. The quantitative estimate of drug-likeness (QED) is 0.136. The van der Waals surface area contributed by atoms with E-state index in [2.05, 4.69) is 20.4 Å². The van der Waals surface area contributed by atoms with Crippen molar-refractivity contribution in [1.82, 2.24) is 39.4 Å². The lowest BCUT2D eigenvalue weighted by Gasteiger charge is -2.56. The molecule has 5 aliphatic heterocycles. The Kier molecular flexibility index (Phi) is 9.68. The van der Waals surface area contributed by atoms with E-state index in [1.807, 2.05) is 12.1 Å². The number of nitrogens with zero attached hydrogens (tertiary/aromatic N) is 6. The molecule has 2 unspecified atom stereocenters. The fourth-order valence-electron chi connectivity index (χ4n) is 10.9. The topological polar surface area (TPSA) is 234 Å². The maximum absolute atomic E-state index is 15.4. The Morgan fingerprint density at radius 2 is 1.78 bits per heavy atom. The SMILES string of the molecule is CC[C@@]1(O)C(=O)OCc2c1cc1n(c2=O)Cc2c-1nc1cc(F)c(C)c3c1c2[C@@H](NC(=O)OCC(=O)N1C2CC1CN(Cc1ccc(-n4c(-c5cc(C)c(O)cc5O)n[nH]c4=O)cc1)C2)CC3. The van der Waals surface area contributed by atoms with Gasteiger partial charge in [0.2, 0.25) is 0 Å². The first-order valence-electron chi connectivity index (χ1n) is 22.2. The molecule has 8 heterocycles. The van der Waals surface area contributed by atoms with E-state index in [0.717, 1.165) is 17.5 Å². The van der Waals surface area contributed by atoms with Gasteiger partial charge in [-0.3, -0.25) is 14.5 Å². The van der Waals surface area contributed by atoms with E-state index < -0.39 is 47.4 Å². The molecule has 2 amide bonds. The molecule has 6 aromatic rings. The Hall–Kier alpha value is -7.38. The number of carbonyl (C=O) groups excluding carboxylic acids is 3. The fraction of sp³-hybridized carbons (Fsp3) is 0.354. The van der Waals surface area contributed by atoms with Gasteiger partial charge in [-0.1, -0.05) is 19.1 Å². The highest BCUT2D eigenvalue weighted by atomic mass is 19.1. The number of halogens is 1. The Bertz CT molecular complexity index is 3260. The van der Waals surface area contributed by atoms with Crippen molar-refractivity contribution < 1.29 is 43.6 Å². The molecule has 1 aliphatic carbocycles. The van der Waals surface area contributed by atoms with Gasteiger partial charge in [0.15, 0.2) is 18.0 Å². The Morgan fingerprint density at radius 1 is 1.01 bits per heavy atom. The van der Waals surface area contributed by atoms with Gasteiger partial charge in [-0.05, 0) is 91.6 Å². The third-order valence-corrected chi connectivity index (χ3v) is 14.4. The second-order valence-electron chi connectivity index (χ2n) is 18.2. The Balaban J connectivity index is 0.764. The number of aliphatic hydroxyl groups is 1. The number of phenolic OH excluding ortho intramolecular Hbond substituents is 2. The number of hydrogen-bond acceptors (Lipinski definition) is 13. The molecule has 4 atom stereocenters. The molecular weight excluding hydrogens is 868 g/mol. The van der Waals surface area contributed by atoms with Crippen LogP contribution >= 0.6 is 0 Å². The van der Waals surface area contributed by atoms with Crippen LogP contribution in [0.1, 0.15) is 76.7 Å². The Morgan fingerprint density at radius 3 is 2.52 bits per heavy atom. The second-order valence-corrected chi connectivity index (χ2v) is 18.2. The summed E-state index contributed by atoms with van der Waals surface area (Å²) >= 11 is 0. The minimum Gasteiger partial charge on any atom is -0.508 e. The van der Waals surface area contributed by atoms with Crippen LogP contribution in [-0.4, -0.2) is 99.2 Å². The minimum atomic E-state index is -2.03. The number of pyridine rings is 2. The molecule has 0 saturated carbocycles. The van der Waals surface area contributed by atoms with E-state index in [1.165, 1.54) is 21.3 Å². The van der Waals surface area contributed by atoms with Crippen LogP contribution in [0.4, 0.5) is 9.18 Å². The highest BCUT2D eigenvalue weighted by Gasteiger charge is 2.48. The average Bonchev–Trinajstić information content (AvgIpc) is 3.88. The summed E-state index contributed by atoms with van der Waals surface area (Å²) in [6, 6.07) is 12.3. The monoisotopic (exact) mass is 912 g/mol. The number of cyclic esters (lactones) is 1. The number of hydrogen-bond donors (Lipinski definition) is 5. The zero-order chi connectivity index (χ0) is 46.8. The molecule has 344 valence electrons. The van der Waals surface area contributed by atoms with Crippen molar-refractivity contribution >= 4 is 28.9 Å². The maximum atomic E-state index is 15.4. The number of aryl methyl sites for hydroxylation is 2. The molecule has 3 saturated heterocycles. The summed E-state index contributed by atoms with van der Waals surface area (Å²) in [5.41, 5.74) is 3.28. The van der Waals surface area contributed by atoms with Crippen LogP contribution in [-0.2, 0) is 50.8 Å². The van der Waals surface area contributed by atoms with Crippen molar-refractivity contribution in [2.45, 2.75) is 89.9 Å².